The van der Waals surface area contributed by atoms with Crippen LogP contribution in [0.1, 0.15) is 37.8 Å². The van der Waals surface area contributed by atoms with Gasteiger partial charge in [-0.25, -0.2) is 0 Å². The van der Waals surface area contributed by atoms with Crippen molar-refractivity contribution in [1.82, 2.24) is 10.1 Å². The van der Waals surface area contributed by atoms with E-state index in [2.05, 4.69) is 24.0 Å². The van der Waals surface area contributed by atoms with Crippen molar-refractivity contribution in [2.45, 2.75) is 33.2 Å². The molecular formula is C14H19N3O. The summed E-state index contributed by atoms with van der Waals surface area (Å²) in [7, 11) is 0. The summed E-state index contributed by atoms with van der Waals surface area (Å²) in [6.45, 7) is 6.28. The molecule has 0 aliphatic rings. The van der Waals surface area contributed by atoms with Crippen molar-refractivity contribution >= 4 is 0 Å². The first-order chi connectivity index (χ1) is 8.56. The Morgan fingerprint density at radius 2 is 2.11 bits per heavy atom. The Labute approximate surface area is 107 Å². The third-order valence-electron chi connectivity index (χ3n) is 2.76. The van der Waals surface area contributed by atoms with E-state index in [0.717, 1.165) is 12.0 Å². The molecule has 0 unspecified atom stereocenters. The van der Waals surface area contributed by atoms with Gasteiger partial charge >= 0.3 is 0 Å². The molecule has 2 N–H and O–H groups in total. The average Bonchev–Trinajstić information content (AvgIpc) is 2.77. The van der Waals surface area contributed by atoms with Crippen LogP contribution in [-0.2, 0) is 0 Å². The smallest absolute Gasteiger partial charge is 0.243 e. The van der Waals surface area contributed by atoms with Crippen molar-refractivity contribution in [3.8, 4) is 11.4 Å². The fourth-order valence-electron chi connectivity index (χ4n) is 1.90. The Bertz CT molecular complexity index is 519. The number of rotatable bonds is 4. The van der Waals surface area contributed by atoms with Gasteiger partial charge in [-0.15, -0.1) is 0 Å². The lowest BCUT2D eigenvalue weighted by atomic mass is 10.0. The van der Waals surface area contributed by atoms with Gasteiger partial charge in [0.2, 0.25) is 11.7 Å². The molecule has 1 atom stereocenters. The van der Waals surface area contributed by atoms with Crippen LogP contribution < -0.4 is 5.73 Å². The van der Waals surface area contributed by atoms with Gasteiger partial charge in [-0.05, 0) is 25.3 Å². The van der Waals surface area contributed by atoms with Crippen molar-refractivity contribution < 1.29 is 4.52 Å². The van der Waals surface area contributed by atoms with Crippen LogP contribution in [0.15, 0.2) is 28.8 Å². The Kier molecular flexibility index (Phi) is 3.77. The second kappa shape index (κ2) is 5.31. The van der Waals surface area contributed by atoms with E-state index in [-0.39, 0.29) is 6.04 Å². The van der Waals surface area contributed by atoms with Gasteiger partial charge in [0.1, 0.15) is 0 Å². The highest BCUT2D eigenvalue weighted by Gasteiger charge is 2.16. The monoisotopic (exact) mass is 245 g/mol. The van der Waals surface area contributed by atoms with Crippen LogP contribution in [0.4, 0.5) is 0 Å². The van der Waals surface area contributed by atoms with E-state index in [1.165, 1.54) is 5.56 Å². The second-order valence-corrected chi connectivity index (χ2v) is 5.06. The lowest BCUT2D eigenvalue weighted by Crippen LogP contribution is -2.13. The summed E-state index contributed by atoms with van der Waals surface area (Å²) in [4.78, 5) is 4.37. The van der Waals surface area contributed by atoms with Gasteiger partial charge in [0.15, 0.2) is 0 Å². The van der Waals surface area contributed by atoms with Crippen molar-refractivity contribution in [3.05, 3.63) is 35.7 Å². The van der Waals surface area contributed by atoms with E-state index >= 15 is 0 Å². The van der Waals surface area contributed by atoms with Crippen LogP contribution in [-0.4, -0.2) is 10.1 Å². The normalized spacial score (nSPS) is 12.9. The zero-order valence-electron chi connectivity index (χ0n) is 11.1. The van der Waals surface area contributed by atoms with Crippen LogP contribution in [0, 0.1) is 12.8 Å². The van der Waals surface area contributed by atoms with Crippen LogP contribution in [0.5, 0.6) is 0 Å². The molecule has 1 aromatic heterocycles. The van der Waals surface area contributed by atoms with Crippen LogP contribution in [0.25, 0.3) is 11.4 Å². The molecule has 0 spiro atoms. The maximum absolute atomic E-state index is 6.02. The summed E-state index contributed by atoms with van der Waals surface area (Å²) in [6.07, 6.45) is 0.843. The van der Waals surface area contributed by atoms with Crippen LogP contribution in [0.2, 0.25) is 0 Å². The molecule has 0 saturated carbocycles. The van der Waals surface area contributed by atoms with Gasteiger partial charge in [0, 0.05) is 5.56 Å². The molecule has 0 fully saturated rings. The van der Waals surface area contributed by atoms with Crippen LogP contribution in [0.3, 0.4) is 0 Å². The lowest BCUT2D eigenvalue weighted by Gasteiger charge is -2.08. The molecule has 4 heteroatoms. The Morgan fingerprint density at radius 3 is 2.78 bits per heavy atom. The molecule has 0 radical (unpaired) electrons. The van der Waals surface area contributed by atoms with Gasteiger partial charge in [0.05, 0.1) is 6.04 Å². The number of aromatic nitrogens is 2. The number of benzene rings is 1. The molecule has 0 saturated heterocycles. The average molecular weight is 245 g/mol. The van der Waals surface area contributed by atoms with E-state index < -0.39 is 0 Å². The molecular weight excluding hydrogens is 226 g/mol. The molecule has 0 amide bonds. The quantitative estimate of drug-likeness (QED) is 0.899. The number of hydrogen-bond donors (Lipinski definition) is 1. The van der Waals surface area contributed by atoms with Gasteiger partial charge < -0.3 is 10.3 Å². The molecule has 4 nitrogen and oxygen atoms in total. The highest BCUT2D eigenvalue weighted by Crippen LogP contribution is 2.21. The van der Waals surface area contributed by atoms with E-state index in [9.17, 15) is 0 Å². The fraction of sp³-hybridized carbons (Fsp3) is 0.429. The van der Waals surface area contributed by atoms with Crippen molar-refractivity contribution in [1.29, 1.82) is 0 Å². The highest BCUT2D eigenvalue weighted by molar-refractivity contribution is 5.55. The summed E-state index contributed by atoms with van der Waals surface area (Å²) >= 11 is 0. The minimum Gasteiger partial charge on any atom is -0.337 e. The van der Waals surface area contributed by atoms with Gasteiger partial charge in [-0.1, -0.05) is 42.8 Å². The summed E-state index contributed by atoms with van der Waals surface area (Å²) in [6, 6.07) is 7.83. The zero-order chi connectivity index (χ0) is 13.1. The van der Waals surface area contributed by atoms with E-state index in [0.29, 0.717) is 17.6 Å². The molecule has 1 heterocycles. The maximum atomic E-state index is 6.02. The molecule has 0 aliphatic carbocycles. The van der Waals surface area contributed by atoms with Gasteiger partial charge in [-0.3, -0.25) is 0 Å². The SMILES string of the molecule is Cc1cccc(-c2noc([C@@H](N)CC(C)C)n2)c1. The van der Waals surface area contributed by atoms with E-state index in [4.69, 9.17) is 10.3 Å². The summed E-state index contributed by atoms with van der Waals surface area (Å²) in [5.41, 5.74) is 8.15. The van der Waals surface area contributed by atoms with E-state index in [1.54, 1.807) is 0 Å². The molecule has 0 aliphatic heterocycles. The first kappa shape index (κ1) is 12.8. The molecule has 2 rings (SSSR count). The molecule has 2 aromatic rings. The largest absolute Gasteiger partial charge is 0.337 e. The standard InChI is InChI=1S/C14H19N3O/c1-9(2)7-12(15)14-16-13(17-18-14)11-6-4-5-10(3)8-11/h4-6,8-9,12H,7,15H2,1-3H3/t12-/m0/s1. The first-order valence-electron chi connectivity index (χ1n) is 6.22. The van der Waals surface area contributed by atoms with Gasteiger partial charge in [-0.2, -0.15) is 4.98 Å². The summed E-state index contributed by atoms with van der Waals surface area (Å²) < 4.78 is 5.24. The predicted octanol–water partition coefficient (Wildman–Crippen LogP) is 3.09. The predicted molar refractivity (Wildman–Crippen MR) is 70.9 cm³/mol. The first-order valence-corrected chi connectivity index (χ1v) is 6.22. The van der Waals surface area contributed by atoms with Crippen LogP contribution >= 0.6 is 0 Å². The fourth-order valence-corrected chi connectivity index (χ4v) is 1.90. The van der Waals surface area contributed by atoms with Crippen molar-refractivity contribution in [3.63, 3.8) is 0 Å². The lowest BCUT2D eigenvalue weighted by molar-refractivity contribution is 0.335. The number of hydrogen-bond acceptors (Lipinski definition) is 4. The minimum absolute atomic E-state index is 0.184. The Morgan fingerprint density at radius 1 is 1.33 bits per heavy atom. The molecule has 0 bridgehead atoms. The third-order valence-corrected chi connectivity index (χ3v) is 2.76. The minimum atomic E-state index is -0.184. The van der Waals surface area contributed by atoms with E-state index in [1.807, 2.05) is 31.2 Å². The Balaban J connectivity index is 2.20. The second-order valence-electron chi connectivity index (χ2n) is 5.06. The highest BCUT2D eigenvalue weighted by atomic mass is 16.5. The topological polar surface area (TPSA) is 64.9 Å². The molecule has 1 aromatic carbocycles. The van der Waals surface area contributed by atoms with Crippen molar-refractivity contribution in [2.24, 2.45) is 11.7 Å². The number of nitrogens with two attached hydrogens (primary N) is 1. The maximum Gasteiger partial charge on any atom is 0.243 e. The molecule has 18 heavy (non-hydrogen) atoms. The van der Waals surface area contributed by atoms with Crippen molar-refractivity contribution in [2.75, 3.05) is 0 Å². The zero-order valence-corrected chi connectivity index (χ0v) is 11.1. The number of nitrogens with zero attached hydrogens (tertiary/aromatic N) is 2. The van der Waals surface area contributed by atoms with Gasteiger partial charge in [0.25, 0.3) is 0 Å². The summed E-state index contributed by atoms with van der Waals surface area (Å²) in [5.74, 6) is 1.63. The third kappa shape index (κ3) is 2.96. The number of aryl methyl sites for hydroxylation is 1. The molecule has 96 valence electrons. The Hall–Kier alpha value is -1.68. The summed E-state index contributed by atoms with van der Waals surface area (Å²) in [5, 5.41) is 3.99.